The molecule has 1 atom stereocenters. The summed E-state index contributed by atoms with van der Waals surface area (Å²) in [5, 5.41) is 3.04. The number of rotatable bonds is 5. The van der Waals surface area contributed by atoms with Gasteiger partial charge in [0.1, 0.15) is 5.82 Å². The van der Waals surface area contributed by atoms with Crippen LogP contribution in [0.1, 0.15) is 25.3 Å². The molecule has 0 bridgehead atoms. The molecule has 1 aliphatic heterocycles. The lowest BCUT2D eigenvalue weighted by atomic mass is 9.79. The standard InChI is InChI=1S/C16H22BrFN2O2/c1-11(8-12-2-3-14(18)13(17)9-12)20-15(21)16(10-19)4-6-22-7-5-16/h2-3,9,11H,4-8,10,19H2,1H3,(H,20,21). The van der Waals surface area contributed by atoms with E-state index in [0.717, 1.165) is 5.56 Å². The van der Waals surface area contributed by atoms with E-state index in [1.807, 2.05) is 6.92 Å². The number of hydrogen-bond acceptors (Lipinski definition) is 3. The smallest absolute Gasteiger partial charge is 0.227 e. The minimum absolute atomic E-state index is 0.00743. The number of halogens is 2. The third-order valence-electron chi connectivity index (χ3n) is 4.23. The van der Waals surface area contributed by atoms with Crippen molar-refractivity contribution in [1.29, 1.82) is 0 Å². The number of benzene rings is 1. The molecule has 3 N–H and O–H groups in total. The number of carbonyl (C=O) groups excluding carboxylic acids is 1. The van der Waals surface area contributed by atoms with Crippen LogP contribution in [0.25, 0.3) is 0 Å². The van der Waals surface area contributed by atoms with Crippen LogP contribution in [0.2, 0.25) is 0 Å². The molecule has 22 heavy (non-hydrogen) atoms. The van der Waals surface area contributed by atoms with Gasteiger partial charge in [-0.1, -0.05) is 6.07 Å². The third kappa shape index (κ3) is 4.06. The van der Waals surface area contributed by atoms with E-state index in [4.69, 9.17) is 10.5 Å². The average Bonchev–Trinajstić information content (AvgIpc) is 2.51. The molecule has 2 rings (SSSR count). The van der Waals surface area contributed by atoms with Crippen molar-refractivity contribution in [2.24, 2.45) is 11.1 Å². The minimum atomic E-state index is -0.518. The molecule has 0 aliphatic carbocycles. The van der Waals surface area contributed by atoms with E-state index in [1.54, 1.807) is 12.1 Å². The summed E-state index contributed by atoms with van der Waals surface area (Å²) in [6.45, 7) is 3.42. The van der Waals surface area contributed by atoms with Crippen LogP contribution < -0.4 is 11.1 Å². The Morgan fingerprint density at radius 1 is 1.50 bits per heavy atom. The largest absolute Gasteiger partial charge is 0.381 e. The molecule has 122 valence electrons. The van der Waals surface area contributed by atoms with Crippen molar-refractivity contribution in [1.82, 2.24) is 5.32 Å². The maximum Gasteiger partial charge on any atom is 0.227 e. The lowest BCUT2D eigenvalue weighted by Gasteiger charge is -2.35. The first-order valence-corrected chi connectivity index (χ1v) is 8.29. The molecular formula is C16H22BrFN2O2. The van der Waals surface area contributed by atoms with Gasteiger partial charge in [0.25, 0.3) is 0 Å². The van der Waals surface area contributed by atoms with Gasteiger partial charge in [-0.2, -0.15) is 0 Å². The van der Waals surface area contributed by atoms with Crippen LogP contribution >= 0.6 is 15.9 Å². The van der Waals surface area contributed by atoms with E-state index in [-0.39, 0.29) is 17.8 Å². The number of nitrogens with two attached hydrogens (primary N) is 1. The highest BCUT2D eigenvalue weighted by atomic mass is 79.9. The fourth-order valence-corrected chi connectivity index (χ4v) is 3.16. The second-order valence-electron chi connectivity index (χ2n) is 5.92. The van der Waals surface area contributed by atoms with Crippen LogP contribution in [0.4, 0.5) is 4.39 Å². The van der Waals surface area contributed by atoms with E-state index in [1.165, 1.54) is 6.07 Å². The van der Waals surface area contributed by atoms with Gasteiger partial charge < -0.3 is 15.8 Å². The van der Waals surface area contributed by atoms with E-state index < -0.39 is 5.41 Å². The summed E-state index contributed by atoms with van der Waals surface area (Å²) in [6, 6.07) is 4.85. The van der Waals surface area contributed by atoms with E-state index in [0.29, 0.717) is 43.5 Å². The van der Waals surface area contributed by atoms with Crippen LogP contribution in [-0.2, 0) is 16.0 Å². The van der Waals surface area contributed by atoms with Crippen LogP contribution in [0.5, 0.6) is 0 Å². The highest BCUT2D eigenvalue weighted by molar-refractivity contribution is 9.10. The topological polar surface area (TPSA) is 64.4 Å². The fraction of sp³-hybridized carbons (Fsp3) is 0.562. The Morgan fingerprint density at radius 2 is 2.18 bits per heavy atom. The summed E-state index contributed by atoms with van der Waals surface area (Å²) in [6.07, 6.45) is 1.95. The quantitative estimate of drug-likeness (QED) is 0.833. The molecule has 1 aromatic carbocycles. The second-order valence-corrected chi connectivity index (χ2v) is 6.78. The van der Waals surface area contributed by atoms with Gasteiger partial charge in [0.15, 0.2) is 0 Å². The van der Waals surface area contributed by atoms with Gasteiger partial charge >= 0.3 is 0 Å². The number of hydrogen-bond donors (Lipinski definition) is 2. The van der Waals surface area contributed by atoms with E-state index in [9.17, 15) is 9.18 Å². The Hall–Kier alpha value is -0.980. The molecule has 1 fully saturated rings. The van der Waals surface area contributed by atoms with Crippen LogP contribution in [-0.4, -0.2) is 31.7 Å². The fourth-order valence-electron chi connectivity index (χ4n) is 2.73. The molecule has 0 spiro atoms. The summed E-state index contributed by atoms with van der Waals surface area (Å²) in [4.78, 5) is 12.6. The molecule has 6 heteroatoms. The zero-order valence-electron chi connectivity index (χ0n) is 12.7. The van der Waals surface area contributed by atoms with Gasteiger partial charge in [-0.3, -0.25) is 4.79 Å². The van der Waals surface area contributed by atoms with Crippen molar-refractivity contribution in [2.75, 3.05) is 19.8 Å². The normalized spacial score (nSPS) is 18.7. The maximum absolute atomic E-state index is 13.2. The van der Waals surface area contributed by atoms with Crippen molar-refractivity contribution < 1.29 is 13.9 Å². The zero-order chi connectivity index (χ0) is 16.2. The first-order valence-electron chi connectivity index (χ1n) is 7.49. The third-order valence-corrected chi connectivity index (χ3v) is 4.83. The van der Waals surface area contributed by atoms with Crippen molar-refractivity contribution >= 4 is 21.8 Å². The molecule has 1 aromatic rings. The molecule has 1 saturated heterocycles. The minimum Gasteiger partial charge on any atom is -0.381 e. The SMILES string of the molecule is CC(Cc1ccc(F)c(Br)c1)NC(=O)C1(CN)CCOCC1. The monoisotopic (exact) mass is 372 g/mol. The molecule has 1 aliphatic rings. The molecule has 1 amide bonds. The van der Waals surface area contributed by atoms with Crippen molar-refractivity contribution in [2.45, 2.75) is 32.2 Å². The molecule has 0 aromatic heterocycles. The van der Waals surface area contributed by atoms with Gasteiger partial charge in [0, 0.05) is 25.8 Å². The number of nitrogens with one attached hydrogen (secondary N) is 1. The molecule has 0 saturated carbocycles. The highest BCUT2D eigenvalue weighted by Gasteiger charge is 2.39. The Labute approximate surface area is 138 Å². The van der Waals surface area contributed by atoms with Crippen LogP contribution in [0, 0.1) is 11.2 Å². The van der Waals surface area contributed by atoms with Crippen LogP contribution in [0.3, 0.4) is 0 Å². The van der Waals surface area contributed by atoms with Gasteiger partial charge in [0.2, 0.25) is 5.91 Å². The Kier molecular flexibility index (Phi) is 5.94. The summed E-state index contributed by atoms with van der Waals surface area (Å²) in [7, 11) is 0. The first kappa shape index (κ1) is 17.4. The lowest BCUT2D eigenvalue weighted by molar-refractivity contribution is -0.136. The van der Waals surface area contributed by atoms with Crippen molar-refractivity contribution in [3.63, 3.8) is 0 Å². The Morgan fingerprint density at radius 3 is 2.77 bits per heavy atom. The molecule has 1 unspecified atom stereocenters. The first-order chi connectivity index (χ1) is 10.5. The highest BCUT2D eigenvalue weighted by Crippen LogP contribution is 2.29. The van der Waals surface area contributed by atoms with Gasteiger partial charge in [-0.05, 0) is 59.8 Å². The lowest BCUT2D eigenvalue weighted by Crippen LogP contribution is -2.51. The Balaban J connectivity index is 1.96. The number of carbonyl (C=O) groups is 1. The van der Waals surface area contributed by atoms with E-state index >= 15 is 0 Å². The summed E-state index contributed by atoms with van der Waals surface area (Å²) >= 11 is 3.18. The summed E-state index contributed by atoms with van der Waals surface area (Å²) in [5.74, 6) is -0.295. The molecular weight excluding hydrogens is 351 g/mol. The molecule has 1 heterocycles. The van der Waals surface area contributed by atoms with Crippen molar-refractivity contribution in [3.05, 3.63) is 34.1 Å². The molecule has 4 nitrogen and oxygen atoms in total. The second kappa shape index (κ2) is 7.53. The molecule has 0 radical (unpaired) electrons. The number of amides is 1. The van der Waals surface area contributed by atoms with Gasteiger partial charge in [-0.25, -0.2) is 4.39 Å². The zero-order valence-corrected chi connectivity index (χ0v) is 14.3. The van der Waals surface area contributed by atoms with Crippen LogP contribution in [0.15, 0.2) is 22.7 Å². The Bertz CT molecular complexity index is 533. The summed E-state index contributed by atoms with van der Waals surface area (Å²) < 4.78 is 19.0. The number of ether oxygens (including phenoxy) is 1. The van der Waals surface area contributed by atoms with E-state index in [2.05, 4.69) is 21.2 Å². The van der Waals surface area contributed by atoms with Crippen molar-refractivity contribution in [3.8, 4) is 0 Å². The maximum atomic E-state index is 13.2. The predicted molar refractivity (Wildman–Crippen MR) is 86.9 cm³/mol. The van der Waals surface area contributed by atoms with Gasteiger partial charge in [-0.15, -0.1) is 0 Å². The predicted octanol–water partition coefficient (Wildman–Crippen LogP) is 2.39. The average molecular weight is 373 g/mol. The van der Waals surface area contributed by atoms with Gasteiger partial charge in [0.05, 0.1) is 9.89 Å². The summed E-state index contributed by atoms with van der Waals surface area (Å²) in [5.41, 5.74) is 6.29.